The second-order valence-electron chi connectivity index (χ2n) is 7.79. The molecule has 0 aliphatic carbocycles. The van der Waals surface area contributed by atoms with Gasteiger partial charge in [0.05, 0.1) is 6.61 Å². The lowest BCUT2D eigenvalue weighted by molar-refractivity contribution is -0.150. The van der Waals surface area contributed by atoms with E-state index in [9.17, 15) is 18.9 Å². The number of hydrogen-bond acceptors (Lipinski definition) is 10. The molecule has 1 aromatic carbocycles. The van der Waals surface area contributed by atoms with Crippen LogP contribution in [0.1, 0.15) is 25.1 Å². The van der Waals surface area contributed by atoms with Crippen molar-refractivity contribution in [2.75, 3.05) is 18.5 Å². The highest BCUT2D eigenvalue weighted by Gasteiger charge is 2.65. The molecule has 0 spiro atoms. The Bertz CT molecular complexity index is 1230. The number of nitrogens with zero attached hydrogens (tertiary/aromatic N) is 2. The Morgan fingerprint density at radius 2 is 2.03 bits per heavy atom. The van der Waals surface area contributed by atoms with E-state index >= 15 is 8.78 Å². The number of carbonyl (C=O) groups is 2. The van der Waals surface area contributed by atoms with Crippen molar-refractivity contribution in [3.8, 4) is 0 Å². The molecule has 2 fully saturated rings. The summed E-state index contributed by atoms with van der Waals surface area (Å²) >= 11 is 0. The van der Waals surface area contributed by atoms with E-state index in [2.05, 4.69) is 10.3 Å². The van der Waals surface area contributed by atoms with Gasteiger partial charge in [-0.05, 0) is 11.6 Å². The maximum Gasteiger partial charge on any atom is 0.476 e. The van der Waals surface area contributed by atoms with Crippen LogP contribution in [-0.2, 0) is 43.8 Å². The standard InChI is InChI=1S/C21H22F2N3O9P/c1-2-16(27)24-15-8-9-26(20(29)25-15)19-21(22,23)18-14(34-19)11-32-36(30,35-18)33-12-17(28)31-10-13-6-4-3-5-7-13/h3-9,14,18-19H,2,10-12H2,1H3,(H,24,25,27,29)/t14-,18-,19-,36?/m1/s1. The largest absolute Gasteiger partial charge is 0.476 e. The van der Waals surface area contributed by atoms with E-state index in [-0.39, 0.29) is 18.8 Å². The summed E-state index contributed by atoms with van der Waals surface area (Å²) in [7, 11) is -4.58. The maximum absolute atomic E-state index is 15.2. The Labute approximate surface area is 203 Å². The van der Waals surface area contributed by atoms with Gasteiger partial charge in [0.1, 0.15) is 18.5 Å². The van der Waals surface area contributed by atoms with Gasteiger partial charge in [-0.25, -0.2) is 14.2 Å². The highest BCUT2D eigenvalue weighted by Crippen LogP contribution is 2.59. The highest BCUT2D eigenvalue weighted by atomic mass is 31.2. The van der Waals surface area contributed by atoms with Crippen molar-refractivity contribution in [3.05, 3.63) is 58.6 Å². The number of esters is 1. The number of amides is 1. The molecule has 2 aromatic rings. The van der Waals surface area contributed by atoms with Crippen LogP contribution in [0.25, 0.3) is 0 Å². The molecule has 0 saturated carbocycles. The summed E-state index contributed by atoms with van der Waals surface area (Å²) in [5, 5.41) is 2.35. The second kappa shape index (κ2) is 10.5. The molecule has 2 saturated heterocycles. The fraction of sp³-hybridized carbons (Fsp3) is 0.429. The van der Waals surface area contributed by atoms with Crippen LogP contribution in [0.2, 0.25) is 0 Å². The molecule has 194 valence electrons. The molecule has 2 aliphatic heterocycles. The first-order valence-electron chi connectivity index (χ1n) is 10.8. The minimum absolute atomic E-state index is 0.0724. The predicted molar refractivity (Wildman–Crippen MR) is 117 cm³/mol. The summed E-state index contributed by atoms with van der Waals surface area (Å²) in [5.41, 5.74) is -0.418. The lowest BCUT2D eigenvalue weighted by Crippen LogP contribution is -2.45. The number of phosphoric acid groups is 1. The van der Waals surface area contributed by atoms with Crippen molar-refractivity contribution in [3.63, 3.8) is 0 Å². The number of phosphoric ester groups is 1. The van der Waals surface area contributed by atoms with Crippen molar-refractivity contribution in [2.24, 2.45) is 0 Å². The summed E-state index contributed by atoms with van der Waals surface area (Å²) < 4.78 is 68.7. The van der Waals surface area contributed by atoms with E-state index in [0.29, 0.717) is 10.1 Å². The van der Waals surface area contributed by atoms with E-state index < -0.39 is 63.0 Å². The van der Waals surface area contributed by atoms with Gasteiger partial charge in [-0.1, -0.05) is 37.3 Å². The van der Waals surface area contributed by atoms with Gasteiger partial charge in [0.15, 0.2) is 12.7 Å². The van der Waals surface area contributed by atoms with Crippen LogP contribution in [0.3, 0.4) is 0 Å². The number of anilines is 1. The summed E-state index contributed by atoms with van der Waals surface area (Å²) in [6.45, 7) is 0.0337. The number of carbonyl (C=O) groups excluding carboxylic acids is 2. The van der Waals surface area contributed by atoms with E-state index in [1.54, 1.807) is 37.3 Å². The van der Waals surface area contributed by atoms with Crippen LogP contribution >= 0.6 is 7.82 Å². The molecule has 0 radical (unpaired) electrons. The number of hydrogen-bond donors (Lipinski definition) is 1. The van der Waals surface area contributed by atoms with Crippen LogP contribution in [0.4, 0.5) is 14.6 Å². The fourth-order valence-corrected chi connectivity index (χ4v) is 4.78. The van der Waals surface area contributed by atoms with Gasteiger partial charge in [-0.15, -0.1) is 0 Å². The molecular formula is C21H22F2N3O9P. The fourth-order valence-electron chi connectivity index (χ4n) is 3.44. The van der Waals surface area contributed by atoms with Crippen LogP contribution in [0.5, 0.6) is 0 Å². The Morgan fingerprint density at radius 3 is 2.72 bits per heavy atom. The van der Waals surface area contributed by atoms with Gasteiger partial charge in [-0.2, -0.15) is 13.8 Å². The summed E-state index contributed by atoms with van der Waals surface area (Å²) in [4.78, 5) is 39.3. The Balaban J connectivity index is 1.39. The number of ether oxygens (including phenoxy) is 2. The minimum atomic E-state index is -4.58. The molecule has 2 aliphatic rings. The molecule has 4 rings (SSSR count). The summed E-state index contributed by atoms with van der Waals surface area (Å²) in [6.07, 6.45) is -4.55. The molecule has 4 atom stereocenters. The normalized spacial score (nSPS) is 26.7. The Morgan fingerprint density at radius 1 is 1.28 bits per heavy atom. The number of rotatable bonds is 8. The van der Waals surface area contributed by atoms with Crippen molar-refractivity contribution in [1.82, 2.24) is 9.55 Å². The third-order valence-electron chi connectivity index (χ3n) is 5.24. The first kappa shape index (κ1) is 26.0. The lowest BCUT2D eigenvalue weighted by atomic mass is 10.1. The zero-order chi connectivity index (χ0) is 25.9. The topological polar surface area (TPSA) is 144 Å². The molecule has 12 nitrogen and oxygen atoms in total. The van der Waals surface area contributed by atoms with Gasteiger partial charge >= 0.3 is 25.4 Å². The molecule has 1 N–H and O–H groups in total. The minimum Gasteiger partial charge on any atom is -0.459 e. The van der Waals surface area contributed by atoms with Crippen molar-refractivity contribution >= 4 is 25.5 Å². The lowest BCUT2D eigenvalue weighted by Gasteiger charge is -2.31. The summed E-state index contributed by atoms with van der Waals surface area (Å²) in [5.74, 6) is -5.30. The SMILES string of the molecule is CCC(=O)Nc1ccn([C@@H]2O[C@@H]3COP(=O)(OCC(=O)OCc4ccccc4)O[C@H]3C2(F)F)c(=O)n1. The average Bonchev–Trinajstić information content (AvgIpc) is 3.11. The number of aromatic nitrogens is 2. The first-order chi connectivity index (χ1) is 17.1. The highest BCUT2D eigenvalue weighted by molar-refractivity contribution is 7.48. The third kappa shape index (κ3) is 5.68. The molecule has 0 bridgehead atoms. The molecular weight excluding hydrogens is 507 g/mol. The molecule has 1 unspecified atom stereocenters. The monoisotopic (exact) mass is 529 g/mol. The van der Waals surface area contributed by atoms with E-state index in [1.807, 2.05) is 0 Å². The van der Waals surface area contributed by atoms with Crippen LogP contribution < -0.4 is 11.0 Å². The molecule has 1 aromatic heterocycles. The van der Waals surface area contributed by atoms with Gasteiger partial charge in [0.2, 0.25) is 12.1 Å². The number of benzene rings is 1. The summed E-state index contributed by atoms with van der Waals surface area (Å²) in [6, 6.07) is 9.88. The third-order valence-corrected chi connectivity index (χ3v) is 6.64. The maximum atomic E-state index is 15.2. The number of fused-ring (bicyclic) bond motifs is 1. The molecule has 36 heavy (non-hydrogen) atoms. The quantitative estimate of drug-likeness (QED) is 0.400. The zero-order valence-electron chi connectivity index (χ0n) is 18.9. The van der Waals surface area contributed by atoms with Crippen LogP contribution in [0, 0.1) is 0 Å². The van der Waals surface area contributed by atoms with E-state index in [4.69, 9.17) is 23.0 Å². The first-order valence-corrected chi connectivity index (χ1v) is 12.3. The predicted octanol–water partition coefficient (Wildman–Crippen LogP) is 2.41. The van der Waals surface area contributed by atoms with Crippen molar-refractivity contribution in [2.45, 2.75) is 44.3 Å². The number of nitrogens with one attached hydrogen (secondary N) is 1. The Kier molecular flexibility index (Phi) is 7.62. The van der Waals surface area contributed by atoms with E-state index in [0.717, 1.165) is 12.3 Å². The van der Waals surface area contributed by atoms with Gasteiger partial charge in [0.25, 0.3) is 0 Å². The molecule has 3 heterocycles. The smallest absolute Gasteiger partial charge is 0.459 e. The van der Waals surface area contributed by atoms with Gasteiger partial charge in [-0.3, -0.25) is 22.9 Å². The van der Waals surface area contributed by atoms with Gasteiger partial charge < -0.3 is 14.8 Å². The number of halogens is 2. The average molecular weight is 529 g/mol. The van der Waals surface area contributed by atoms with Crippen molar-refractivity contribution in [1.29, 1.82) is 0 Å². The molecule has 15 heteroatoms. The second-order valence-corrected chi connectivity index (χ2v) is 9.42. The van der Waals surface area contributed by atoms with Crippen LogP contribution in [0.15, 0.2) is 47.4 Å². The number of alkyl halides is 2. The van der Waals surface area contributed by atoms with Gasteiger partial charge in [0, 0.05) is 12.6 Å². The van der Waals surface area contributed by atoms with Crippen molar-refractivity contribution < 1.29 is 46.0 Å². The Hall–Kier alpha value is -3.03. The zero-order valence-corrected chi connectivity index (χ0v) is 19.8. The van der Waals surface area contributed by atoms with E-state index in [1.165, 1.54) is 0 Å². The van der Waals surface area contributed by atoms with Crippen LogP contribution in [-0.4, -0.2) is 52.8 Å². The molecule has 1 amide bonds.